The molecular weight excluding hydrogens is 388 g/mol. The molecule has 3 aromatic heterocycles. The highest BCUT2D eigenvalue weighted by atomic mass is 32.1. The minimum atomic E-state index is 0.658. The van der Waals surface area contributed by atoms with Gasteiger partial charge in [0.2, 0.25) is 0 Å². The first-order valence-corrected chi connectivity index (χ1v) is 11.0. The second-order valence-corrected chi connectivity index (χ2v) is 8.14. The summed E-state index contributed by atoms with van der Waals surface area (Å²) in [6.07, 6.45) is 2.03. The molecule has 28 heavy (non-hydrogen) atoms. The predicted molar refractivity (Wildman–Crippen MR) is 116 cm³/mol. The van der Waals surface area contributed by atoms with Crippen LogP contribution in [0.5, 0.6) is 5.75 Å². The molecule has 0 saturated heterocycles. The molecule has 1 aromatic carbocycles. The number of benzene rings is 1. The largest absolute Gasteiger partial charge is 0.494 e. The summed E-state index contributed by atoms with van der Waals surface area (Å²) in [6.45, 7) is 6.16. The van der Waals surface area contributed by atoms with Gasteiger partial charge in [0.15, 0.2) is 5.13 Å². The van der Waals surface area contributed by atoms with E-state index in [1.165, 1.54) is 5.56 Å². The molecule has 4 aromatic rings. The Labute approximate surface area is 172 Å². The van der Waals surface area contributed by atoms with Crippen molar-refractivity contribution >= 4 is 27.8 Å². The molecule has 0 atom stereocenters. The van der Waals surface area contributed by atoms with E-state index in [9.17, 15) is 0 Å². The van der Waals surface area contributed by atoms with Gasteiger partial charge < -0.3 is 10.1 Å². The van der Waals surface area contributed by atoms with Gasteiger partial charge in [-0.25, -0.2) is 4.98 Å². The number of hydrogen-bond donors (Lipinski definition) is 1. The molecule has 0 amide bonds. The molecular formula is C21H22N4OS2. The molecule has 144 valence electrons. The van der Waals surface area contributed by atoms with Crippen LogP contribution in [0.25, 0.3) is 10.6 Å². The van der Waals surface area contributed by atoms with Gasteiger partial charge in [0, 0.05) is 18.3 Å². The quantitative estimate of drug-likeness (QED) is 0.420. The first-order valence-electron chi connectivity index (χ1n) is 9.20. The van der Waals surface area contributed by atoms with Crippen molar-refractivity contribution in [1.29, 1.82) is 0 Å². The molecule has 3 heterocycles. The molecule has 0 spiro atoms. The minimum Gasteiger partial charge on any atom is -0.494 e. The van der Waals surface area contributed by atoms with E-state index in [1.807, 2.05) is 42.9 Å². The maximum absolute atomic E-state index is 5.70. The van der Waals surface area contributed by atoms with Crippen LogP contribution < -0.4 is 10.1 Å². The lowest BCUT2D eigenvalue weighted by molar-refractivity contribution is 0.337. The summed E-state index contributed by atoms with van der Waals surface area (Å²) in [7, 11) is 0. The van der Waals surface area contributed by atoms with Crippen molar-refractivity contribution in [2.24, 2.45) is 0 Å². The number of nitrogens with one attached hydrogen (secondary N) is 1. The number of nitrogens with zero attached hydrogens (tertiary/aromatic N) is 3. The molecule has 0 saturated carbocycles. The lowest BCUT2D eigenvalue weighted by Gasteiger charge is -2.10. The number of hydrogen-bond acceptors (Lipinski definition) is 6. The Hall–Kier alpha value is -2.64. The van der Waals surface area contributed by atoms with E-state index in [2.05, 4.69) is 39.3 Å². The van der Waals surface area contributed by atoms with Crippen molar-refractivity contribution in [2.75, 3.05) is 11.9 Å². The Balaban J connectivity index is 1.46. The van der Waals surface area contributed by atoms with E-state index in [1.54, 1.807) is 22.7 Å². The normalized spacial score (nSPS) is 10.9. The zero-order valence-corrected chi connectivity index (χ0v) is 17.5. The van der Waals surface area contributed by atoms with Crippen molar-refractivity contribution in [2.45, 2.75) is 26.9 Å². The van der Waals surface area contributed by atoms with E-state index in [0.29, 0.717) is 13.2 Å². The van der Waals surface area contributed by atoms with Crippen molar-refractivity contribution in [3.8, 4) is 16.3 Å². The van der Waals surface area contributed by atoms with Crippen LogP contribution in [0.15, 0.2) is 53.4 Å². The Bertz CT molecular complexity index is 1040. The molecule has 0 radical (unpaired) electrons. The number of para-hydroxylation sites is 1. The van der Waals surface area contributed by atoms with Crippen molar-refractivity contribution in [1.82, 2.24) is 14.8 Å². The third kappa shape index (κ3) is 4.26. The summed E-state index contributed by atoms with van der Waals surface area (Å²) < 4.78 is 7.67. The molecule has 0 aliphatic carbocycles. The number of thiazole rings is 1. The van der Waals surface area contributed by atoms with E-state index in [-0.39, 0.29) is 0 Å². The van der Waals surface area contributed by atoms with Crippen LogP contribution in [0.2, 0.25) is 0 Å². The standard InChI is InChI=1S/C21H22N4OS2/c1-3-26-19-7-5-4-6-17(19)12-22-21-23-15(2)20(28-21)18-8-10-25(24-18)13-16-9-11-27-14-16/h4-11,14H,3,12-13H2,1-2H3,(H,22,23). The zero-order chi connectivity index (χ0) is 19.3. The number of aryl methyl sites for hydroxylation is 1. The molecule has 7 heteroatoms. The Morgan fingerprint density at radius 2 is 2.07 bits per heavy atom. The average molecular weight is 411 g/mol. The molecule has 0 fully saturated rings. The highest BCUT2D eigenvalue weighted by Crippen LogP contribution is 2.32. The van der Waals surface area contributed by atoms with Crippen molar-refractivity contribution in [3.63, 3.8) is 0 Å². The van der Waals surface area contributed by atoms with Crippen LogP contribution in [0.3, 0.4) is 0 Å². The fraction of sp³-hybridized carbons (Fsp3) is 0.238. The summed E-state index contributed by atoms with van der Waals surface area (Å²) in [4.78, 5) is 5.78. The van der Waals surface area contributed by atoms with Gasteiger partial charge in [-0.15, -0.1) is 0 Å². The van der Waals surface area contributed by atoms with Gasteiger partial charge in [-0.2, -0.15) is 16.4 Å². The van der Waals surface area contributed by atoms with Gasteiger partial charge >= 0.3 is 0 Å². The first-order chi connectivity index (χ1) is 13.7. The van der Waals surface area contributed by atoms with Gasteiger partial charge in [0.25, 0.3) is 0 Å². The molecule has 0 aliphatic heterocycles. The Morgan fingerprint density at radius 3 is 2.89 bits per heavy atom. The third-order valence-corrected chi connectivity index (χ3v) is 6.17. The number of aromatic nitrogens is 3. The molecule has 0 aliphatic rings. The van der Waals surface area contributed by atoms with Gasteiger partial charge in [-0.1, -0.05) is 29.5 Å². The van der Waals surface area contributed by atoms with Crippen LogP contribution in [0.4, 0.5) is 5.13 Å². The molecule has 1 N–H and O–H groups in total. The summed E-state index contributed by atoms with van der Waals surface area (Å²) in [5, 5.41) is 13.3. The third-order valence-electron chi connectivity index (χ3n) is 4.30. The molecule has 0 bridgehead atoms. The predicted octanol–water partition coefficient (Wildman–Crippen LogP) is 5.44. The van der Waals surface area contributed by atoms with Crippen LogP contribution in [0, 0.1) is 6.92 Å². The lowest BCUT2D eigenvalue weighted by Crippen LogP contribution is -2.02. The van der Waals surface area contributed by atoms with Gasteiger partial charge in [-0.05, 0) is 48.4 Å². The van der Waals surface area contributed by atoms with Crippen molar-refractivity contribution in [3.05, 3.63) is 70.2 Å². The number of thiophene rings is 1. The number of anilines is 1. The molecule has 4 rings (SSSR count). The van der Waals surface area contributed by atoms with Gasteiger partial charge in [-0.3, -0.25) is 4.68 Å². The number of ether oxygens (including phenoxy) is 1. The maximum Gasteiger partial charge on any atom is 0.183 e. The van der Waals surface area contributed by atoms with E-state index >= 15 is 0 Å². The van der Waals surface area contributed by atoms with Crippen LogP contribution in [-0.2, 0) is 13.1 Å². The summed E-state index contributed by atoms with van der Waals surface area (Å²) in [6, 6.07) is 12.3. The van der Waals surface area contributed by atoms with Gasteiger partial charge in [0.05, 0.1) is 23.7 Å². The second-order valence-electron chi connectivity index (χ2n) is 6.36. The maximum atomic E-state index is 5.70. The Kier molecular flexibility index (Phi) is 5.73. The SMILES string of the molecule is CCOc1ccccc1CNc1nc(C)c(-c2ccn(Cc3ccsc3)n2)s1. The van der Waals surface area contributed by atoms with E-state index in [0.717, 1.165) is 39.3 Å². The summed E-state index contributed by atoms with van der Waals surface area (Å²) >= 11 is 3.34. The van der Waals surface area contributed by atoms with Crippen molar-refractivity contribution < 1.29 is 4.74 Å². The average Bonchev–Trinajstić information content (AvgIpc) is 3.43. The van der Waals surface area contributed by atoms with E-state index < -0.39 is 0 Å². The summed E-state index contributed by atoms with van der Waals surface area (Å²) in [5.41, 5.74) is 4.36. The highest BCUT2D eigenvalue weighted by Gasteiger charge is 2.13. The van der Waals surface area contributed by atoms with Crippen LogP contribution in [0.1, 0.15) is 23.7 Å². The molecule has 0 unspecified atom stereocenters. The van der Waals surface area contributed by atoms with Gasteiger partial charge in [0.1, 0.15) is 11.4 Å². The van der Waals surface area contributed by atoms with Crippen LogP contribution in [-0.4, -0.2) is 21.4 Å². The smallest absolute Gasteiger partial charge is 0.183 e. The summed E-state index contributed by atoms with van der Waals surface area (Å²) in [5.74, 6) is 0.915. The fourth-order valence-electron chi connectivity index (χ4n) is 2.97. The second kappa shape index (κ2) is 8.58. The Morgan fingerprint density at radius 1 is 1.18 bits per heavy atom. The highest BCUT2D eigenvalue weighted by molar-refractivity contribution is 7.19. The number of rotatable bonds is 8. The van der Waals surface area contributed by atoms with Crippen LogP contribution >= 0.6 is 22.7 Å². The molecule has 5 nitrogen and oxygen atoms in total. The topological polar surface area (TPSA) is 52.0 Å². The first kappa shape index (κ1) is 18.7. The minimum absolute atomic E-state index is 0.658. The monoisotopic (exact) mass is 410 g/mol. The lowest BCUT2D eigenvalue weighted by atomic mass is 10.2. The fourth-order valence-corrected chi connectivity index (χ4v) is 4.55. The zero-order valence-electron chi connectivity index (χ0n) is 15.9. The van der Waals surface area contributed by atoms with E-state index in [4.69, 9.17) is 9.84 Å².